The van der Waals surface area contributed by atoms with E-state index < -0.39 is 0 Å². The highest BCUT2D eigenvalue weighted by Crippen LogP contribution is 2.27. The van der Waals surface area contributed by atoms with Gasteiger partial charge in [-0.1, -0.05) is 25.3 Å². The lowest BCUT2D eigenvalue weighted by Crippen LogP contribution is -2.13. The highest BCUT2D eigenvalue weighted by Gasteiger charge is 2.15. The predicted molar refractivity (Wildman–Crippen MR) is 79.9 cm³/mol. The van der Waals surface area contributed by atoms with Crippen molar-refractivity contribution in [2.45, 2.75) is 38.6 Å². The minimum absolute atomic E-state index is 0.266. The van der Waals surface area contributed by atoms with Crippen molar-refractivity contribution >= 4 is 16.9 Å². The first-order valence-electron chi connectivity index (χ1n) is 7.45. The molecule has 0 unspecified atom stereocenters. The molecule has 3 heteroatoms. The van der Waals surface area contributed by atoms with Crippen molar-refractivity contribution in [3.05, 3.63) is 36.0 Å². The first-order valence-corrected chi connectivity index (χ1v) is 7.45. The molecule has 0 spiro atoms. The third-order valence-corrected chi connectivity index (χ3v) is 4.37. The molecule has 3 rings (SSSR count). The van der Waals surface area contributed by atoms with E-state index in [1.807, 2.05) is 18.2 Å². The number of ether oxygens (including phenoxy) is 1. The normalized spacial score (nSPS) is 16.4. The summed E-state index contributed by atoms with van der Waals surface area (Å²) in [6.07, 6.45) is 8.90. The van der Waals surface area contributed by atoms with E-state index in [0.717, 1.165) is 18.0 Å². The Balaban J connectivity index is 1.88. The van der Waals surface area contributed by atoms with Gasteiger partial charge in [-0.3, -0.25) is 0 Å². The Morgan fingerprint density at radius 3 is 2.80 bits per heavy atom. The molecule has 1 aromatic carbocycles. The number of rotatable bonds is 3. The minimum Gasteiger partial charge on any atom is -0.465 e. The Morgan fingerprint density at radius 1 is 1.25 bits per heavy atom. The van der Waals surface area contributed by atoms with Gasteiger partial charge in [0.25, 0.3) is 0 Å². The van der Waals surface area contributed by atoms with Crippen molar-refractivity contribution in [3.8, 4) is 0 Å². The molecule has 0 N–H and O–H groups in total. The molecule has 0 amide bonds. The Labute approximate surface area is 119 Å². The van der Waals surface area contributed by atoms with Crippen LogP contribution in [0.15, 0.2) is 30.5 Å². The summed E-state index contributed by atoms with van der Waals surface area (Å²) < 4.78 is 7.09. The molecule has 0 aliphatic heterocycles. The first kappa shape index (κ1) is 13.2. The summed E-state index contributed by atoms with van der Waals surface area (Å²) in [4.78, 5) is 11.6. The Bertz CT molecular complexity index is 608. The lowest BCUT2D eigenvalue weighted by Gasteiger charge is -2.22. The molecule has 0 bridgehead atoms. The molecule has 1 aliphatic rings. The zero-order valence-electron chi connectivity index (χ0n) is 12.0. The molecule has 1 aliphatic carbocycles. The maximum absolute atomic E-state index is 11.6. The number of hydrogen-bond donors (Lipinski definition) is 0. The van der Waals surface area contributed by atoms with Crippen LogP contribution < -0.4 is 0 Å². The number of nitrogens with zero attached hydrogens (tertiary/aromatic N) is 1. The van der Waals surface area contributed by atoms with E-state index in [1.54, 1.807) is 0 Å². The van der Waals surface area contributed by atoms with Gasteiger partial charge in [0, 0.05) is 18.3 Å². The van der Waals surface area contributed by atoms with Crippen LogP contribution >= 0.6 is 0 Å². The second kappa shape index (κ2) is 5.70. The van der Waals surface area contributed by atoms with Crippen LogP contribution in [0, 0.1) is 5.92 Å². The summed E-state index contributed by atoms with van der Waals surface area (Å²) in [5, 5.41) is 1.19. The predicted octanol–water partition coefficient (Wildman–Crippen LogP) is 4.01. The molecule has 2 aromatic rings. The van der Waals surface area contributed by atoms with Crippen LogP contribution in [0.3, 0.4) is 0 Å². The van der Waals surface area contributed by atoms with Gasteiger partial charge >= 0.3 is 5.97 Å². The number of hydrogen-bond acceptors (Lipinski definition) is 2. The van der Waals surface area contributed by atoms with Gasteiger partial charge in [-0.25, -0.2) is 4.79 Å². The second-order valence-electron chi connectivity index (χ2n) is 5.74. The minimum atomic E-state index is -0.266. The van der Waals surface area contributed by atoms with E-state index >= 15 is 0 Å². The van der Waals surface area contributed by atoms with Crippen LogP contribution in [-0.2, 0) is 11.3 Å². The molecule has 20 heavy (non-hydrogen) atoms. The summed E-state index contributed by atoms with van der Waals surface area (Å²) in [7, 11) is 1.42. The summed E-state index contributed by atoms with van der Waals surface area (Å²) in [6, 6.07) is 7.90. The van der Waals surface area contributed by atoms with E-state index in [0.29, 0.717) is 5.56 Å². The lowest BCUT2D eigenvalue weighted by atomic mass is 9.89. The van der Waals surface area contributed by atoms with Crippen LogP contribution in [0.1, 0.15) is 42.5 Å². The third kappa shape index (κ3) is 2.58. The fourth-order valence-electron chi connectivity index (χ4n) is 3.24. The van der Waals surface area contributed by atoms with Gasteiger partial charge in [-0.15, -0.1) is 0 Å². The number of carbonyl (C=O) groups is 1. The Morgan fingerprint density at radius 2 is 2.05 bits per heavy atom. The summed E-state index contributed by atoms with van der Waals surface area (Å²) in [5.41, 5.74) is 1.77. The van der Waals surface area contributed by atoms with Crippen molar-refractivity contribution in [1.29, 1.82) is 0 Å². The van der Waals surface area contributed by atoms with Gasteiger partial charge < -0.3 is 9.30 Å². The highest BCUT2D eigenvalue weighted by molar-refractivity contribution is 5.94. The molecule has 3 nitrogen and oxygen atoms in total. The summed E-state index contributed by atoms with van der Waals surface area (Å²) in [6.45, 7) is 1.06. The van der Waals surface area contributed by atoms with Gasteiger partial charge in [0.05, 0.1) is 12.7 Å². The standard InChI is InChI=1S/C17H21NO2/c1-20-17(19)15-8-7-14-9-10-18(16(14)11-15)12-13-5-3-2-4-6-13/h7-11,13H,2-6,12H2,1H3. The molecular formula is C17H21NO2. The number of carbonyl (C=O) groups excluding carboxylic acids is 1. The van der Waals surface area contributed by atoms with Gasteiger partial charge in [-0.05, 0) is 42.3 Å². The van der Waals surface area contributed by atoms with Crippen LogP contribution in [0.2, 0.25) is 0 Å². The van der Waals surface area contributed by atoms with Gasteiger partial charge in [-0.2, -0.15) is 0 Å². The Hall–Kier alpha value is -1.77. The smallest absolute Gasteiger partial charge is 0.337 e. The van der Waals surface area contributed by atoms with Crippen molar-refractivity contribution in [3.63, 3.8) is 0 Å². The third-order valence-electron chi connectivity index (χ3n) is 4.37. The fourth-order valence-corrected chi connectivity index (χ4v) is 3.24. The monoisotopic (exact) mass is 271 g/mol. The zero-order valence-corrected chi connectivity index (χ0v) is 12.0. The average molecular weight is 271 g/mol. The molecule has 1 fully saturated rings. The number of benzene rings is 1. The largest absolute Gasteiger partial charge is 0.465 e. The molecule has 1 heterocycles. The second-order valence-corrected chi connectivity index (χ2v) is 5.74. The van der Waals surface area contributed by atoms with E-state index in [9.17, 15) is 4.79 Å². The van der Waals surface area contributed by atoms with Crippen molar-refractivity contribution in [2.24, 2.45) is 5.92 Å². The number of methoxy groups -OCH3 is 1. The maximum Gasteiger partial charge on any atom is 0.337 e. The van der Waals surface area contributed by atoms with Gasteiger partial charge in [0.2, 0.25) is 0 Å². The Kier molecular flexibility index (Phi) is 3.77. The van der Waals surface area contributed by atoms with Gasteiger partial charge in [0.1, 0.15) is 0 Å². The fraction of sp³-hybridized carbons (Fsp3) is 0.471. The SMILES string of the molecule is COC(=O)c1ccc2ccn(CC3CCCCC3)c2c1. The van der Waals surface area contributed by atoms with Crippen LogP contribution in [-0.4, -0.2) is 17.6 Å². The van der Waals surface area contributed by atoms with Gasteiger partial charge in [0.15, 0.2) is 0 Å². The van der Waals surface area contributed by atoms with E-state index in [1.165, 1.54) is 44.6 Å². The van der Waals surface area contributed by atoms with E-state index in [-0.39, 0.29) is 5.97 Å². The van der Waals surface area contributed by atoms with Crippen LogP contribution in [0.4, 0.5) is 0 Å². The average Bonchev–Trinajstić information content (AvgIpc) is 2.90. The molecular weight excluding hydrogens is 250 g/mol. The first-order chi connectivity index (χ1) is 9.78. The number of fused-ring (bicyclic) bond motifs is 1. The molecule has 0 radical (unpaired) electrons. The molecule has 106 valence electrons. The molecule has 0 atom stereocenters. The van der Waals surface area contributed by atoms with E-state index in [4.69, 9.17) is 4.74 Å². The molecule has 1 saturated carbocycles. The zero-order chi connectivity index (χ0) is 13.9. The van der Waals surface area contributed by atoms with E-state index in [2.05, 4.69) is 16.8 Å². The van der Waals surface area contributed by atoms with Crippen molar-refractivity contribution in [1.82, 2.24) is 4.57 Å². The summed E-state index contributed by atoms with van der Waals surface area (Å²) >= 11 is 0. The van der Waals surface area contributed by atoms with Crippen molar-refractivity contribution < 1.29 is 9.53 Å². The van der Waals surface area contributed by atoms with Crippen LogP contribution in [0.5, 0.6) is 0 Å². The highest BCUT2D eigenvalue weighted by atomic mass is 16.5. The summed E-state index contributed by atoms with van der Waals surface area (Å²) in [5.74, 6) is 0.512. The molecule has 0 saturated heterocycles. The molecule has 1 aromatic heterocycles. The number of esters is 1. The van der Waals surface area contributed by atoms with Crippen LogP contribution in [0.25, 0.3) is 10.9 Å². The quantitative estimate of drug-likeness (QED) is 0.790. The van der Waals surface area contributed by atoms with Crippen molar-refractivity contribution in [2.75, 3.05) is 7.11 Å². The topological polar surface area (TPSA) is 31.2 Å². The maximum atomic E-state index is 11.6. The number of aromatic nitrogens is 1. The lowest BCUT2D eigenvalue weighted by molar-refractivity contribution is 0.0601.